The summed E-state index contributed by atoms with van der Waals surface area (Å²) < 4.78 is 0. The Balaban J connectivity index is 1.37. The molecule has 0 heterocycles. The largest absolute Gasteiger partial charge is 0.478 e. The maximum atomic E-state index is 13.8. The Labute approximate surface area is 233 Å². The van der Waals surface area contributed by atoms with E-state index in [0.29, 0.717) is 12.2 Å². The van der Waals surface area contributed by atoms with Crippen molar-refractivity contribution in [1.29, 1.82) is 0 Å². The second-order valence-corrected chi connectivity index (χ2v) is 10.00. The maximum Gasteiger partial charge on any atom is 0.335 e. The average molecular weight is 534 g/mol. The number of aromatic carboxylic acids is 1. The standard InChI is InChI=1S/C33H31N3O4/c37-30(21-34-33(40)35-28-16-9-15-26(20-28)32(38)39)36(22-24-12-5-2-6-13-24)31-27(18-23-10-3-1-4-11-23)19-25-14-7-8-17-29(25)31/h1-17,20,27,31H,18-19,21-22H2,(H,38,39)(H2,34,35,40). The summed E-state index contributed by atoms with van der Waals surface area (Å²) in [6.45, 7) is 0.210. The Hall–Kier alpha value is -4.91. The Kier molecular flexibility index (Phi) is 8.21. The zero-order chi connectivity index (χ0) is 27.9. The van der Waals surface area contributed by atoms with Gasteiger partial charge in [-0.25, -0.2) is 9.59 Å². The van der Waals surface area contributed by atoms with Crippen LogP contribution >= 0.6 is 0 Å². The molecule has 0 saturated heterocycles. The van der Waals surface area contributed by atoms with Crippen LogP contribution in [0.2, 0.25) is 0 Å². The van der Waals surface area contributed by atoms with Gasteiger partial charge in [-0.3, -0.25) is 4.79 Å². The van der Waals surface area contributed by atoms with Gasteiger partial charge in [-0.15, -0.1) is 0 Å². The van der Waals surface area contributed by atoms with Gasteiger partial charge in [0.2, 0.25) is 5.91 Å². The number of carboxylic acids is 1. The number of benzene rings is 4. The van der Waals surface area contributed by atoms with Crippen LogP contribution in [-0.4, -0.2) is 34.5 Å². The van der Waals surface area contributed by atoms with Gasteiger partial charge in [-0.05, 0) is 59.2 Å². The van der Waals surface area contributed by atoms with Crippen LogP contribution in [0.4, 0.5) is 10.5 Å². The third kappa shape index (κ3) is 6.38. The molecule has 4 aromatic rings. The van der Waals surface area contributed by atoms with Gasteiger partial charge in [0, 0.05) is 12.2 Å². The number of rotatable bonds is 9. The van der Waals surface area contributed by atoms with Crippen molar-refractivity contribution < 1.29 is 19.5 Å². The normalized spacial score (nSPS) is 15.6. The van der Waals surface area contributed by atoms with Crippen LogP contribution < -0.4 is 10.6 Å². The lowest BCUT2D eigenvalue weighted by atomic mass is 9.91. The minimum Gasteiger partial charge on any atom is -0.478 e. The maximum absolute atomic E-state index is 13.8. The fraction of sp³-hybridized carbons (Fsp3) is 0.182. The van der Waals surface area contributed by atoms with Crippen molar-refractivity contribution in [2.24, 2.45) is 5.92 Å². The monoisotopic (exact) mass is 533 g/mol. The number of carbonyl (C=O) groups is 3. The lowest BCUT2D eigenvalue weighted by Crippen LogP contribution is -2.44. The molecule has 3 amide bonds. The molecular weight excluding hydrogens is 502 g/mol. The van der Waals surface area contributed by atoms with Crippen LogP contribution in [0.15, 0.2) is 109 Å². The second-order valence-electron chi connectivity index (χ2n) is 10.00. The number of carboxylic acid groups (broad SMARTS) is 1. The average Bonchev–Trinajstić information content (AvgIpc) is 3.33. The number of hydrogen-bond donors (Lipinski definition) is 3. The predicted octanol–water partition coefficient (Wildman–Crippen LogP) is 5.69. The van der Waals surface area contributed by atoms with Gasteiger partial charge >= 0.3 is 12.0 Å². The smallest absolute Gasteiger partial charge is 0.335 e. The molecule has 0 bridgehead atoms. The van der Waals surface area contributed by atoms with E-state index in [1.54, 1.807) is 12.1 Å². The van der Waals surface area contributed by atoms with Gasteiger partial charge in [-0.1, -0.05) is 91.0 Å². The number of fused-ring (bicyclic) bond motifs is 1. The van der Waals surface area contributed by atoms with Gasteiger partial charge in [0.15, 0.2) is 0 Å². The molecule has 2 atom stereocenters. The molecule has 0 spiro atoms. The van der Waals surface area contributed by atoms with E-state index >= 15 is 0 Å². The first-order valence-corrected chi connectivity index (χ1v) is 13.3. The zero-order valence-corrected chi connectivity index (χ0v) is 22.0. The Morgan fingerprint density at radius 3 is 2.20 bits per heavy atom. The molecule has 1 aliphatic carbocycles. The summed E-state index contributed by atoms with van der Waals surface area (Å²) in [4.78, 5) is 39.7. The van der Waals surface area contributed by atoms with Crippen molar-refractivity contribution >= 4 is 23.6 Å². The molecule has 0 saturated carbocycles. The lowest BCUT2D eigenvalue weighted by Gasteiger charge is -2.34. The summed E-state index contributed by atoms with van der Waals surface area (Å²) in [6.07, 6.45) is 1.69. The SMILES string of the molecule is O=C(NCC(=O)N(Cc1ccccc1)C1c2ccccc2CC1Cc1ccccc1)Nc1cccc(C(=O)O)c1. The summed E-state index contributed by atoms with van der Waals surface area (Å²) in [5, 5.41) is 14.5. The van der Waals surface area contributed by atoms with E-state index in [2.05, 4.69) is 34.9 Å². The van der Waals surface area contributed by atoms with E-state index in [-0.39, 0.29) is 30.0 Å². The first-order valence-electron chi connectivity index (χ1n) is 13.3. The number of hydrogen-bond acceptors (Lipinski definition) is 3. The van der Waals surface area contributed by atoms with Crippen LogP contribution in [0.25, 0.3) is 0 Å². The van der Waals surface area contributed by atoms with E-state index in [1.165, 1.54) is 23.3 Å². The summed E-state index contributed by atoms with van der Waals surface area (Å²) in [5.74, 6) is -1.10. The number of urea groups is 1. The molecule has 1 aliphatic rings. The first kappa shape index (κ1) is 26.7. The van der Waals surface area contributed by atoms with E-state index in [1.807, 2.05) is 65.6 Å². The van der Waals surface area contributed by atoms with Crippen molar-refractivity contribution in [2.75, 3.05) is 11.9 Å². The molecule has 0 aliphatic heterocycles. The minimum atomic E-state index is -1.09. The molecule has 7 nitrogen and oxygen atoms in total. The van der Waals surface area contributed by atoms with E-state index in [4.69, 9.17) is 0 Å². The molecule has 5 rings (SSSR count). The Bertz CT molecular complexity index is 1490. The molecule has 2 unspecified atom stereocenters. The van der Waals surface area contributed by atoms with Gasteiger partial charge < -0.3 is 20.6 Å². The van der Waals surface area contributed by atoms with Gasteiger partial charge in [0.1, 0.15) is 0 Å². The van der Waals surface area contributed by atoms with E-state index in [0.717, 1.165) is 24.0 Å². The Morgan fingerprint density at radius 2 is 1.48 bits per heavy atom. The van der Waals surface area contributed by atoms with Crippen LogP contribution in [0.1, 0.15) is 38.7 Å². The highest BCUT2D eigenvalue weighted by atomic mass is 16.4. The van der Waals surface area contributed by atoms with Crippen molar-refractivity contribution in [2.45, 2.75) is 25.4 Å². The third-order valence-corrected chi connectivity index (χ3v) is 7.26. The summed E-state index contributed by atoms with van der Waals surface area (Å²) in [5.41, 5.74) is 5.00. The van der Waals surface area contributed by atoms with Gasteiger partial charge in [-0.2, -0.15) is 0 Å². The molecule has 3 N–H and O–H groups in total. The molecule has 0 aromatic heterocycles. The zero-order valence-electron chi connectivity index (χ0n) is 22.0. The van der Waals surface area contributed by atoms with Gasteiger partial charge in [0.05, 0.1) is 18.2 Å². The number of nitrogens with one attached hydrogen (secondary N) is 2. The number of nitrogens with zero attached hydrogens (tertiary/aromatic N) is 1. The summed E-state index contributed by atoms with van der Waals surface area (Å²) in [7, 11) is 0. The van der Waals surface area contributed by atoms with Crippen molar-refractivity contribution in [1.82, 2.24) is 10.2 Å². The van der Waals surface area contributed by atoms with Crippen molar-refractivity contribution in [3.8, 4) is 0 Å². The summed E-state index contributed by atoms with van der Waals surface area (Å²) >= 11 is 0. The topological polar surface area (TPSA) is 98.7 Å². The molecule has 7 heteroatoms. The fourth-order valence-corrected chi connectivity index (χ4v) is 5.46. The Morgan fingerprint density at radius 1 is 0.800 bits per heavy atom. The fourth-order valence-electron chi connectivity index (χ4n) is 5.46. The third-order valence-electron chi connectivity index (χ3n) is 7.26. The summed E-state index contributed by atoms with van der Waals surface area (Å²) in [6, 6.07) is 33.7. The van der Waals surface area contributed by atoms with Crippen LogP contribution in [0.5, 0.6) is 0 Å². The highest BCUT2D eigenvalue weighted by Gasteiger charge is 2.38. The first-order chi connectivity index (χ1) is 19.5. The number of carbonyl (C=O) groups excluding carboxylic acids is 2. The highest BCUT2D eigenvalue weighted by Crippen LogP contribution is 2.42. The highest BCUT2D eigenvalue weighted by molar-refractivity contribution is 5.94. The predicted molar refractivity (Wildman–Crippen MR) is 154 cm³/mol. The van der Waals surface area contributed by atoms with E-state index < -0.39 is 12.0 Å². The van der Waals surface area contributed by atoms with Crippen LogP contribution in [0, 0.1) is 5.92 Å². The van der Waals surface area contributed by atoms with Crippen LogP contribution in [0.3, 0.4) is 0 Å². The van der Waals surface area contributed by atoms with Crippen molar-refractivity contribution in [3.63, 3.8) is 0 Å². The molecule has 40 heavy (non-hydrogen) atoms. The van der Waals surface area contributed by atoms with Crippen LogP contribution in [-0.2, 0) is 24.2 Å². The molecule has 0 fully saturated rings. The quantitative estimate of drug-likeness (QED) is 0.257. The van der Waals surface area contributed by atoms with E-state index in [9.17, 15) is 19.5 Å². The second kappa shape index (κ2) is 12.3. The van der Waals surface area contributed by atoms with Gasteiger partial charge in [0.25, 0.3) is 0 Å². The lowest BCUT2D eigenvalue weighted by molar-refractivity contribution is -0.134. The molecule has 202 valence electrons. The molecule has 4 aromatic carbocycles. The molecule has 0 radical (unpaired) electrons. The number of anilines is 1. The molecular formula is C33H31N3O4. The minimum absolute atomic E-state index is 0.0623. The number of amides is 3. The van der Waals surface area contributed by atoms with Crippen molar-refractivity contribution in [3.05, 3.63) is 137 Å².